The van der Waals surface area contributed by atoms with Crippen molar-refractivity contribution in [3.63, 3.8) is 0 Å². The quantitative estimate of drug-likeness (QED) is 0.585. The van der Waals surface area contributed by atoms with Crippen molar-refractivity contribution in [3.05, 3.63) is 33.9 Å². The van der Waals surface area contributed by atoms with E-state index in [1.165, 1.54) is 6.07 Å². The second-order valence-electron chi connectivity index (χ2n) is 5.48. The molecule has 3 N–H and O–H groups in total. The molecule has 1 aliphatic rings. The number of nitro benzene ring substituents is 1. The first-order chi connectivity index (χ1) is 9.96. The Bertz CT molecular complexity index is 553. The van der Waals surface area contributed by atoms with Gasteiger partial charge in [-0.15, -0.1) is 0 Å². The Morgan fingerprint density at radius 2 is 2.10 bits per heavy atom. The number of hydrogen-bond donors (Lipinski definition) is 3. The van der Waals surface area contributed by atoms with Gasteiger partial charge in [0.15, 0.2) is 0 Å². The predicted octanol–water partition coefficient (Wildman–Crippen LogP) is 2.33. The van der Waals surface area contributed by atoms with Gasteiger partial charge in [-0.25, -0.2) is 4.79 Å². The summed E-state index contributed by atoms with van der Waals surface area (Å²) in [6.45, 7) is 1.54. The first kappa shape index (κ1) is 15.2. The molecule has 114 valence electrons. The van der Waals surface area contributed by atoms with Crippen molar-refractivity contribution >= 4 is 17.4 Å². The number of anilines is 1. The van der Waals surface area contributed by atoms with Crippen LogP contribution in [0.15, 0.2) is 18.2 Å². The molecule has 2 amide bonds. The lowest BCUT2D eigenvalue weighted by Gasteiger charge is -2.27. The van der Waals surface area contributed by atoms with E-state index < -0.39 is 16.5 Å². The summed E-state index contributed by atoms with van der Waals surface area (Å²) in [5.41, 5.74) is 0.288. The van der Waals surface area contributed by atoms with Crippen LogP contribution in [0.5, 0.6) is 0 Å². The van der Waals surface area contributed by atoms with Crippen LogP contribution in [0.1, 0.15) is 31.2 Å². The van der Waals surface area contributed by atoms with Crippen molar-refractivity contribution in [1.82, 2.24) is 5.32 Å². The molecule has 1 aromatic carbocycles. The van der Waals surface area contributed by atoms with Crippen molar-refractivity contribution < 1.29 is 14.8 Å². The second-order valence-corrected chi connectivity index (χ2v) is 5.48. The van der Waals surface area contributed by atoms with E-state index in [-0.39, 0.29) is 12.3 Å². The number of nitrogens with zero attached hydrogens (tertiary/aromatic N) is 1. The first-order valence-electron chi connectivity index (χ1n) is 6.91. The molecule has 1 saturated carbocycles. The number of hydrogen-bond acceptors (Lipinski definition) is 4. The molecule has 7 nitrogen and oxygen atoms in total. The van der Waals surface area contributed by atoms with Gasteiger partial charge in [-0.2, -0.15) is 0 Å². The van der Waals surface area contributed by atoms with E-state index in [0.29, 0.717) is 11.3 Å². The second kappa shape index (κ2) is 6.09. The van der Waals surface area contributed by atoms with Crippen LogP contribution in [-0.2, 0) is 0 Å². The minimum Gasteiger partial charge on any atom is -0.394 e. The maximum Gasteiger partial charge on any atom is 0.319 e. The number of aliphatic hydroxyl groups is 1. The number of nitrogens with one attached hydrogen (secondary N) is 2. The van der Waals surface area contributed by atoms with Crippen molar-refractivity contribution in [2.45, 2.75) is 38.1 Å². The number of rotatable bonds is 4. The first-order valence-corrected chi connectivity index (χ1v) is 6.91. The van der Waals surface area contributed by atoms with Gasteiger partial charge >= 0.3 is 6.03 Å². The molecule has 1 aliphatic carbocycles. The fourth-order valence-corrected chi connectivity index (χ4v) is 2.66. The van der Waals surface area contributed by atoms with Crippen LogP contribution < -0.4 is 10.6 Å². The third kappa shape index (κ3) is 3.49. The summed E-state index contributed by atoms with van der Waals surface area (Å²) in [6.07, 6.45) is 3.42. The average molecular weight is 293 g/mol. The minimum atomic E-state index is -0.569. The van der Waals surface area contributed by atoms with Crippen LogP contribution in [0.25, 0.3) is 0 Å². The molecule has 0 aliphatic heterocycles. The molecule has 0 saturated heterocycles. The Morgan fingerprint density at radius 3 is 2.67 bits per heavy atom. The summed E-state index contributed by atoms with van der Waals surface area (Å²) < 4.78 is 0. The van der Waals surface area contributed by atoms with Crippen LogP contribution >= 0.6 is 0 Å². The standard InChI is InChI=1S/C14H19N3O4/c1-10-4-5-11(8-12(10)17(20)21)15-13(19)16-14(9-18)6-2-3-7-14/h4-5,8,18H,2-3,6-7,9H2,1H3,(H2,15,16,19). The fourth-order valence-electron chi connectivity index (χ4n) is 2.66. The number of carbonyl (C=O) groups is 1. The number of benzene rings is 1. The van der Waals surface area contributed by atoms with Gasteiger partial charge in [-0.1, -0.05) is 18.9 Å². The van der Waals surface area contributed by atoms with E-state index in [1.807, 2.05) is 0 Å². The van der Waals surface area contributed by atoms with Gasteiger partial charge in [-0.05, 0) is 25.8 Å². The zero-order valence-corrected chi connectivity index (χ0v) is 11.9. The monoisotopic (exact) mass is 293 g/mol. The van der Waals surface area contributed by atoms with Crippen molar-refractivity contribution in [3.8, 4) is 0 Å². The maximum absolute atomic E-state index is 12.0. The van der Waals surface area contributed by atoms with Crippen LogP contribution in [0.2, 0.25) is 0 Å². The molecule has 21 heavy (non-hydrogen) atoms. The molecule has 0 bridgehead atoms. The molecule has 0 radical (unpaired) electrons. The zero-order chi connectivity index (χ0) is 15.5. The highest BCUT2D eigenvalue weighted by molar-refractivity contribution is 5.90. The molecule has 2 rings (SSSR count). The molecule has 0 atom stereocenters. The summed E-state index contributed by atoms with van der Waals surface area (Å²) in [5.74, 6) is 0. The van der Waals surface area contributed by atoms with Gasteiger partial charge < -0.3 is 15.7 Å². The van der Waals surface area contributed by atoms with E-state index in [0.717, 1.165) is 25.7 Å². The van der Waals surface area contributed by atoms with E-state index in [4.69, 9.17) is 0 Å². The van der Waals surface area contributed by atoms with Crippen LogP contribution in [0, 0.1) is 17.0 Å². The van der Waals surface area contributed by atoms with E-state index in [1.54, 1.807) is 19.1 Å². The van der Waals surface area contributed by atoms with Crippen LogP contribution in [0.3, 0.4) is 0 Å². The highest BCUT2D eigenvalue weighted by atomic mass is 16.6. The largest absolute Gasteiger partial charge is 0.394 e. The lowest BCUT2D eigenvalue weighted by atomic mass is 9.99. The Morgan fingerprint density at radius 1 is 1.43 bits per heavy atom. The van der Waals surface area contributed by atoms with Crippen LogP contribution in [0.4, 0.5) is 16.2 Å². The SMILES string of the molecule is Cc1ccc(NC(=O)NC2(CO)CCCC2)cc1[N+](=O)[O-]. The Kier molecular flexibility index (Phi) is 4.42. The van der Waals surface area contributed by atoms with Gasteiger partial charge in [0, 0.05) is 17.3 Å². The summed E-state index contributed by atoms with van der Waals surface area (Å²) in [5, 5.41) is 25.7. The number of amides is 2. The van der Waals surface area contributed by atoms with E-state index in [9.17, 15) is 20.0 Å². The molecule has 0 heterocycles. The Hall–Kier alpha value is -2.15. The third-order valence-electron chi connectivity index (χ3n) is 3.91. The fraction of sp³-hybridized carbons (Fsp3) is 0.500. The van der Waals surface area contributed by atoms with Crippen LogP contribution in [-0.4, -0.2) is 28.2 Å². The van der Waals surface area contributed by atoms with E-state index >= 15 is 0 Å². The highest BCUT2D eigenvalue weighted by Crippen LogP contribution is 2.29. The minimum absolute atomic E-state index is 0.0365. The van der Waals surface area contributed by atoms with Gasteiger partial charge in [0.25, 0.3) is 5.69 Å². The molecular weight excluding hydrogens is 274 g/mol. The normalized spacial score (nSPS) is 16.5. The molecule has 0 aromatic heterocycles. The molecular formula is C14H19N3O4. The number of nitro groups is 1. The lowest BCUT2D eigenvalue weighted by Crippen LogP contribution is -2.50. The number of carbonyl (C=O) groups excluding carboxylic acids is 1. The van der Waals surface area contributed by atoms with Gasteiger partial charge in [0.2, 0.25) is 0 Å². The summed E-state index contributed by atoms with van der Waals surface area (Å²) in [7, 11) is 0. The molecule has 7 heteroatoms. The Labute approximate surface area is 122 Å². The predicted molar refractivity (Wildman–Crippen MR) is 78.3 cm³/mol. The molecule has 0 spiro atoms. The summed E-state index contributed by atoms with van der Waals surface area (Å²) in [4.78, 5) is 22.4. The lowest BCUT2D eigenvalue weighted by molar-refractivity contribution is -0.385. The number of aliphatic hydroxyl groups excluding tert-OH is 1. The summed E-state index contributed by atoms with van der Waals surface area (Å²) >= 11 is 0. The van der Waals surface area contributed by atoms with Gasteiger partial charge in [0.1, 0.15) is 0 Å². The van der Waals surface area contributed by atoms with Crippen molar-refractivity contribution in [2.75, 3.05) is 11.9 Å². The highest BCUT2D eigenvalue weighted by Gasteiger charge is 2.34. The topological polar surface area (TPSA) is 104 Å². The average Bonchev–Trinajstić information content (AvgIpc) is 2.89. The van der Waals surface area contributed by atoms with Gasteiger partial charge in [-0.3, -0.25) is 10.1 Å². The van der Waals surface area contributed by atoms with Crippen molar-refractivity contribution in [2.24, 2.45) is 0 Å². The maximum atomic E-state index is 12.0. The molecule has 1 fully saturated rings. The number of urea groups is 1. The third-order valence-corrected chi connectivity index (χ3v) is 3.91. The molecule has 1 aromatic rings. The van der Waals surface area contributed by atoms with Crippen molar-refractivity contribution in [1.29, 1.82) is 0 Å². The Balaban J connectivity index is 2.06. The van der Waals surface area contributed by atoms with E-state index in [2.05, 4.69) is 10.6 Å². The number of aryl methyl sites for hydroxylation is 1. The molecule has 0 unspecified atom stereocenters. The zero-order valence-electron chi connectivity index (χ0n) is 11.9. The summed E-state index contributed by atoms with van der Waals surface area (Å²) in [6, 6.07) is 4.08. The van der Waals surface area contributed by atoms with Gasteiger partial charge in [0.05, 0.1) is 17.1 Å². The smallest absolute Gasteiger partial charge is 0.319 e.